The minimum absolute atomic E-state index is 0.0344. The molecule has 0 saturated carbocycles. The molecule has 1 aromatic carbocycles. The van der Waals surface area contributed by atoms with Crippen LogP contribution in [0, 0.1) is 5.82 Å². The summed E-state index contributed by atoms with van der Waals surface area (Å²) in [6.07, 6.45) is 0.654. The van der Waals surface area contributed by atoms with E-state index in [1.54, 1.807) is 6.07 Å². The van der Waals surface area contributed by atoms with Crippen molar-refractivity contribution in [2.45, 2.75) is 12.8 Å². The smallest absolute Gasteiger partial charge is 0.197 e. The van der Waals surface area contributed by atoms with E-state index in [0.29, 0.717) is 27.1 Å². The topological polar surface area (TPSA) is 55.8 Å². The highest BCUT2D eigenvalue weighted by atomic mass is 32.1. The van der Waals surface area contributed by atoms with Crippen molar-refractivity contribution in [3.05, 3.63) is 22.8 Å². The Bertz CT molecular complexity index is 636. The van der Waals surface area contributed by atoms with Crippen molar-refractivity contribution in [2.24, 2.45) is 0 Å². The van der Waals surface area contributed by atoms with Gasteiger partial charge >= 0.3 is 0 Å². The molecular formula is C14H15FO4S. The zero-order chi connectivity index (χ0) is 14.7. The number of methoxy groups -OCH3 is 2. The number of thiophene rings is 1. The first-order valence-electron chi connectivity index (χ1n) is 6.10. The molecule has 0 amide bonds. The number of rotatable bonds is 6. The third-order valence-electron chi connectivity index (χ3n) is 2.94. The Kier molecular flexibility index (Phi) is 4.57. The summed E-state index contributed by atoms with van der Waals surface area (Å²) >= 11 is 1.21. The molecule has 0 aliphatic rings. The molecular weight excluding hydrogens is 283 g/mol. The summed E-state index contributed by atoms with van der Waals surface area (Å²) in [5.41, 5.74) is 0. The Hall–Kier alpha value is -1.66. The third kappa shape index (κ3) is 2.62. The van der Waals surface area contributed by atoms with Gasteiger partial charge in [0.1, 0.15) is 0 Å². The zero-order valence-corrected chi connectivity index (χ0v) is 12.1. The summed E-state index contributed by atoms with van der Waals surface area (Å²) in [7, 11) is 2.80. The number of halogens is 1. The Morgan fingerprint density at radius 1 is 1.35 bits per heavy atom. The Labute approximate surface area is 119 Å². The SMILES string of the molecule is COc1cc2sc(C(=O)CCCO)cc2c(F)c1OC. The number of benzene rings is 1. The van der Waals surface area contributed by atoms with Crippen molar-refractivity contribution >= 4 is 27.2 Å². The molecule has 0 aliphatic heterocycles. The standard InChI is InChI=1S/C14H15FO4S/c1-18-10-7-11-8(13(15)14(10)19-2)6-12(20-11)9(17)4-3-5-16/h6-7,16H,3-5H2,1-2H3. The molecule has 20 heavy (non-hydrogen) atoms. The van der Waals surface area contributed by atoms with Crippen LogP contribution in [0.15, 0.2) is 12.1 Å². The summed E-state index contributed by atoms with van der Waals surface area (Å²) in [5.74, 6) is -0.294. The van der Waals surface area contributed by atoms with Crippen LogP contribution in [-0.2, 0) is 0 Å². The van der Waals surface area contributed by atoms with Crippen molar-refractivity contribution in [1.29, 1.82) is 0 Å². The first-order valence-corrected chi connectivity index (χ1v) is 6.92. The van der Waals surface area contributed by atoms with E-state index in [1.807, 2.05) is 0 Å². The molecule has 1 N–H and O–H groups in total. The van der Waals surface area contributed by atoms with Crippen molar-refractivity contribution < 1.29 is 23.8 Å². The van der Waals surface area contributed by atoms with Crippen LogP contribution in [0.1, 0.15) is 22.5 Å². The van der Waals surface area contributed by atoms with E-state index in [4.69, 9.17) is 14.6 Å². The van der Waals surface area contributed by atoms with Gasteiger partial charge in [-0.25, -0.2) is 4.39 Å². The molecule has 108 valence electrons. The summed E-state index contributed by atoms with van der Waals surface area (Å²) in [6, 6.07) is 3.18. The Balaban J connectivity index is 2.48. The van der Waals surface area contributed by atoms with Gasteiger partial charge in [-0.2, -0.15) is 0 Å². The predicted octanol–water partition coefficient (Wildman–Crippen LogP) is 3.01. The molecule has 0 spiro atoms. The van der Waals surface area contributed by atoms with Gasteiger partial charge < -0.3 is 14.6 Å². The zero-order valence-electron chi connectivity index (χ0n) is 11.2. The van der Waals surface area contributed by atoms with Crippen molar-refractivity contribution in [2.75, 3.05) is 20.8 Å². The molecule has 0 saturated heterocycles. The van der Waals surface area contributed by atoms with E-state index in [2.05, 4.69) is 0 Å². The monoisotopic (exact) mass is 298 g/mol. The van der Waals surface area contributed by atoms with Gasteiger partial charge in [0.2, 0.25) is 0 Å². The maximum absolute atomic E-state index is 14.3. The molecule has 4 nitrogen and oxygen atoms in total. The second kappa shape index (κ2) is 6.19. The largest absolute Gasteiger partial charge is 0.493 e. The third-order valence-corrected chi connectivity index (χ3v) is 4.07. The average Bonchev–Trinajstić information content (AvgIpc) is 2.88. The lowest BCUT2D eigenvalue weighted by molar-refractivity contribution is 0.0975. The van der Waals surface area contributed by atoms with Crippen molar-refractivity contribution in [1.82, 2.24) is 0 Å². The molecule has 0 aliphatic carbocycles. The van der Waals surface area contributed by atoms with Crippen LogP contribution in [-0.4, -0.2) is 31.7 Å². The number of aliphatic hydroxyl groups excluding tert-OH is 1. The molecule has 0 bridgehead atoms. The highest BCUT2D eigenvalue weighted by Gasteiger charge is 2.19. The molecule has 0 unspecified atom stereocenters. The second-order valence-corrected chi connectivity index (χ2v) is 5.28. The Morgan fingerprint density at radius 3 is 2.70 bits per heavy atom. The number of fused-ring (bicyclic) bond motifs is 1. The number of hydrogen-bond acceptors (Lipinski definition) is 5. The predicted molar refractivity (Wildman–Crippen MR) is 75.5 cm³/mol. The van der Waals surface area contributed by atoms with Gasteiger partial charge in [0.05, 0.1) is 19.1 Å². The van der Waals surface area contributed by atoms with E-state index < -0.39 is 5.82 Å². The van der Waals surface area contributed by atoms with E-state index in [1.165, 1.54) is 31.6 Å². The lowest BCUT2D eigenvalue weighted by Gasteiger charge is -2.08. The highest BCUT2D eigenvalue weighted by Crippen LogP contribution is 2.39. The van der Waals surface area contributed by atoms with Crippen LogP contribution < -0.4 is 9.47 Å². The van der Waals surface area contributed by atoms with E-state index in [9.17, 15) is 9.18 Å². The summed E-state index contributed by atoms with van der Waals surface area (Å²) in [4.78, 5) is 12.4. The van der Waals surface area contributed by atoms with Crippen LogP contribution in [0.25, 0.3) is 10.1 Å². The van der Waals surface area contributed by atoms with Gasteiger partial charge in [-0.3, -0.25) is 4.79 Å². The van der Waals surface area contributed by atoms with Crippen LogP contribution in [0.3, 0.4) is 0 Å². The molecule has 1 heterocycles. The fourth-order valence-corrected chi connectivity index (χ4v) is 3.00. The number of hydrogen-bond donors (Lipinski definition) is 1. The molecule has 6 heteroatoms. The number of carbonyl (C=O) groups is 1. The van der Waals surface area contributed by atoms with Gasteiger partial charge in [-0.1, -0.05) is 0 Å². The van der Waals surface area contributed by atoms with Crippen LogP contribution in [0.5, 0.6) is 11.5 Å². The van der Waals surface area contributed by atoms with Gasteiger partial charge in [0, 0.05) is 29.2 Å². The number of ether oxygens (including phenoxy) is 2. The maximum Gasteiger partial charge on any atom is 0.197 e. The maximum atomic E-state index is 14.3. The fourth-order valence-electron chi connectivity index (χ4n) is 1.94. The Morgan fingerprint density at radius 2 is 2.10 bits per heavy atom. The molecule has 0 atom stereocenters. The van der Waals surface area contributed by atoms with Crippen LogP contribution in [0.4, 0.5) is 4.39 Å². The summed E-state index contributed by atoms with van der Waals surface area (Å²) < 4.78 is 25.0. The normalized spacial score (nSPS) is 10.8. The number of Topliss-reactive ketones (excluding diaryl/α,β-unsaturated/α-hetero) is 1. The van der Waals surface area contributed by atoms with Crippen molar-refractivity contribution in [3.63, 3.8) is 0 Å². The van der Waals surface area contributed by atoms with E-state index in [0.717, 1.165) is 0 Å². The second-order valence-electron chi connectivity index (χ2n) is 4.20. The quantitative estimate of drug-likeness (QED) is 0.833. The lowest BCUT2D eigenvalue weighted by Crippen LogP contribution is -1.97. The fraction of sp³-hybridized carbons (Fsp3) is 0.357. The van der Waals surface area contributed by atoms with Gasteiger partial charge in [0.25, 0.3) is 0 Å². The molecule has 0 radical (unpaired) electrons. The summed E-state index contributed by atoms with van der Waals surface area (Å²) in [6.45, 7) is -0.0351. The number of ketones is 1. The molecule has 2 rings (SSSR count). The minimum Gasteiger partial charge on any atom is -0.493 e. The highest BCUT2D eigenvalue weighted by molar-refractivity contribution is 7.20. The minimum atomic E-state index is -0.528. The molecule has 0 fully saturated rings. The molecule has 1 aromatic heterocycles. The number of carbonyl (C=O) groups excluding carboxylic acids is 1. The number of aliphatic hydroxyl groups is 1. The van der Waals surface area contributed by atoms with Crippen LogP contribution in [0.2, 0.25) is 0 Å². The molecule has 2 aromatic rings. The van der Waals surface area contributed by atoms with Crippen LogP contribution >= 0.6 is 11.3 Å². The van der Waals surface area contributed by atoms with E-state index >= 15 is 0 Å². The van der Waals surface area contributed by atoms with Gasteiger partial charge in [0.15, 0.2) is 23.1 Å². The van der Waals surface area contributed by atoms with Gasteiger partial charge in [-0.05, 0) is 12.5 Å². The van der Waals surface area contributed by atoms with Crippen molar-refractivity contribution in [3.8, 4) is 11.5 Å². The summed E-state index contributed by atoms with van der Waals surface area (Å²) in [5, 5.41) is 9.09. The lowest BCUT2D eigenvalue weighted by atomic mass is 10.1. The average molecular weight is 298 g/mol. The first kappa shape index (κ1) is 14.7. The van der Waals surface area contributed by atoms with Gasteiger partial charge in [-0.15, -0.1) is 11.3 Å². The first-order chi connectivity index (χ1) is 9.62. The van der Waals surface area contributed by atoms with E-state index in [-0.39, 0.29) is 24.6 Å².